The van der Waals surface area contributed by atoms with Crippen LogP contribution in [0.4, 0.5) is 34.1 Å². The first kappa shape index (κ1) is 69.5. The van der Waals surface area contributed by atoms with E-state index in [1.807, 2.05) is 49.9 Å². The normalized spacial score (nSPS) is 27.0. The van der Waals surface area contributed by atoms with E-state index in [1.54, 1.807) is 20.8 Å². The van der Waals surface area contributed by atoms with Crippen molar-refractivity contribution < 1.29 is 18.4 Å². The van der Waals surface area contributed by atoms with Crippen molar-refractivity contribution >= 4 is 78.1 Å². The summed E-state index contributed by atoms with van der Waals surface area (Å²) in [5.74, 6) is 0. The smallest absolute Gasteiger partial charge is 0.227 e. The number of aromatic nitrogens is 1. The summed E-state index contributed by atoms with van der Waals surface area (Å²) in [4.78, 5) is 16.7. The summed E-state index contributed by atoms with van der Waals surface area (Å²) >= 11 is 0. The first-order valence-corrected chi connectivity index (χ1v) is 41.1. The lowest BCUT2D eigenvalue weighted by molar-refractivity contribution is 0.170. The lowest BCUT2D eigenvalue weighted by Gasteiger charge is -2.41. The van der Waals surface area contributed by atoms with Gasteiger partial charge < -0.3 is 33.3 Å². The van der Waals surface area contributed by atoms with E-state index in [1.165, 1.54) is 125 Å². The zero-order valence-electron chi connectivity index (χ0n) is 77.4. The number of benzene rings is 7. The van der Waals surface area contributed by atoms with E-state index in [4.69, 9.17) is 18.4 Å². The number of para-hydroxylation sites is 5. The molecule has 0 N–H and O–H groups in total. The molecule has 2 aliphatic carbocycles. The van der Waals surface area contributed by atoms with Crippen molar-refractivity contribution in [2.24, 2.45) is 21.7 Å². The lowest BCUT2D eigenvalue weighted by atomic mass is 9.68. The summed E-state index contributed by atoms with van der Waals surface area (Å²) in [6, 6.07) is 56.4. The highest BCUT2D eigenvalue weighted by Gasteiger charge is 2.57. The first-order valence-electron chi connectivity index (χ1n) is 44.6. The number of rotatable bonds is 5. The Balaban J connectivity index is 0.000000126. The predicted molar refractivity (Wildman–Crippen MR) is 465 cm³/mol. The van der Waals surface area contributed by atoms with Gasteiger partial charge in [0.05, 0.1) is 11.4 Å². The van der Waals surface area contributed by atoms with Crippen LogP contribution in [0.2, 0.25) is 0 Å². The Morgan fingerprint density at radius 1 is 0.370 bits per heavy atom. The van der Waals surface area contributed by atoms with E-state index in [9.17, 15) is 0 Å². The fourth-order valence-electron chi connectivity index (χ4n) is 21.9. The number of fused-ring (bicyclic) bond motifs is 7. The second kappa shape index (κ2) is 28.9. The number of hydrogen-bond acceptors (Lipinski definition) is 8. The maximum atomic E-state index is 9.04. The maximum absolute atomic E-state index is 9.04. The van der Waals surface area contributed by atoms with Gasteiger partial charge in [-0.25, -0.2) is 4.98 Å². The minimum absolute atomic E-state index is 0.0876. The van der Waals surface area contributed by atoms with Crippen molar-refractivity contribution in [1.82, 2.24) is 4.98 Å². The van der Waals surface area contributed by atoms with Gasteiger partial charge in [-0.1, -0.05) is 195 Å². The summed E-state index contributed by atoms with van der Waals surface area (Å²) in [5, 5.41) is 4.74. The molecule has 7 aromatic carbocycles. The fraction of sp³-hybridized carbons (Fsp3) is 0.530. The average Bonchev–Trinajstić information content (AvgIpc) is 1.53. The first-order chi connectivity index (χ1) is 53.6. The summed E-state index contributed by atoms with van der Waals surface area (Å²) in [7, 11) is 0. The second-order valence-corrected chi connectivity index (χ2v) is 37.7. The highest BCUT2D eigenvalue weighted by Crippen LogP contribution is 2.60. The molecule has 576 valence electrons. The van der Waals surface area contributed by atoms with Crippen LogP contribution in [0.5, 0.6) is 0 Å². The van der Waals surface area contributed by atoms with Crippen LogP contribution in [0.1, 0.15) is 270 Å². The van der Waals surface area contributed by atoms with Gasteiger partial charge in [-0.05, 0) is 280 Å². The molecule has 6 fully saturated rings. The molecule has 2 spiro atoms. The topological polar surface area (TPSA) is 55.4 Å². The fourth-order valence-corrected chi connectivity index (χ4v) is 21.9. The third-order valence-corrected chi connectivity index (χ3v) is 27.5. The molecule has 0 amide bonds. The van der Waals surface area contributed by atoms with Crippen molar-refractivity contribution in [3.63, 3.8) is 0 Å². The SMILES string of the molecule is Cc1ccc2c(n1)oc1c(N3C(C)C(C)(C)CC3(C)C)c(C)ccc12.Cc1ccc2c(oc3ccccc32)c1N1C(C)C2(CCCCC2)CC1(C)C.Cc1ccccc1N1c2ccccc2C(C)(C)C1C.[2H]C([2H])([2H])C1(C)C(C)N(c2ccccc2C)C(C)(C)C1([2H])[2H].[2H]C1([2H])C2(CCCCC2)C(C)N(c2ccccc2C)C1(C)C. The summed E-state index contributed by atoms with van der Waals surface area (Å²) in [5.41, 5.74) is 17.8. The molecule has 8 heteroatoms. The maximum Gasteiger partial charge on any atom is 0.227 e. The van der Waals surface area contributed by atoms with Gasteiger partial charge in [0.15, 0.2) is 11.2 Å². The van der Waals surface area contributed by atoms with Gasteiger partial charge in [-0.3, -0.25) is 0 Å². The zero-order chi connectivity index (χ0) is 83.9. The van der Waals surface area contributed by atoms with Gasteiger partial charge in [-0.15, -0.1) is 0 Å². The standard InChI is InChI=1S/C25H31NO.C22H28N2O.C19H29N.C18H21N.C16H25N/c1-17-12-13-20-19-10-6-7-11-21(19)27-23(20)22(17)26-18(2)25(16-24(26,3)4)14-8-5-9-15-25;1-13-8-10-16-17-11-9-14(2)23-20(17)25-19(16)18(13)24-15(3)21(4,5)12-22(24,6)7;1-15-10-6-7-11-17(15)20-16(2)19(14-18(20,3)4)12-8-5-9-13-19;1-13-9-5-7-11-16(13)19-14(2)18(3,4)15-10-6-8-12-17(15)19;1-12-9-7-8-10-14(12)17-13(2)15(3,4)11-16(17,5)6/h6-7,10-13,18H,5,8-9,14-16H2,1-4H3;8-11,15H,12H2,1-7H3;6-7,10-11,16H,5,8-9,12-14H2,1-4H3;5-12,14H,1-4H3;7-10,13H,11H2,1-6H3/i;;14D2;;3D3,11D2. The molecular formula is C100H134N6O2. The monoisotopic (exact) mass is 1460 g/mol. The van der Waals surface area contributed by atoms with Crippen LogP contribution >= 0.6 is 0 Å². The van der Waals surface area contributed by atoms with Crippen molar-refractivity contribution in [2.75, 3.05) is 24.5 Å². The number of anilines is 6. The molecule has 4 saturated heterocycles. The third-order valence-electron chi connectivity index (χ3n) is 27.5. The van der Waals surface area contributed by atoms with Crippen LogP contribution in [0, 0.1) is 63.2 Å². The van der Waals surface area contributed by atoms with Gasteiger partial charge in [0, 0.05) is 117 Å². The highest BCUT2D eigenvalue weighted by molar-refractivity contribution is 6.10. The number of pyridine rings is 1. The lowest BCUT2D eigenvalue weighted by Crippen LogP contribution is -2.44. The largest absolute Gasteiger partial charge is 0.454 e. The van der Waals surface area contributed by atoms with E-state index in [0.29, 0.717) is 23.5 Å². The average molecular weight is 1460 g/mol. The molecule has 3 aromatic heterocycles. The molecule has 8 nitrogen and oxygen atoms in total. The van der Waals surface area contributed by atoms with Crippen LogP contribution in [-0.4, -0.2) is 57.3 Å². The Labute approximate surface area is 661 Å². The minimum atomic E-state index is -2.38. The number of furan rings is 2. The van der Waals surface area contributed by atoms with Crippen molar-refractivity contribution in [3.05, 3.63) is 197 Å². The van der Waals surface area contributed by atoms with E-state index < -0.39 is 42.1 Å². The zero-order valence-corrected chi connectivity index (χ0v) is 70.4. The third kappa shape index (κ3) is 13.9. The van der Waals surface area contributed by atoms with Gasteiger partial charge in [-0.2, -0.15) is 0 Å². The molecule has 108 heavy (non-hydrogen) atoms. The molecule has 7 aliphatic rings. The predicted octanol–water partition coefficient (Wildman–Crippen LogP) is 27.8. The van der Waals surface area contributed by atoms with Crippen LogP contribution in [0.15, 0.2) is 167 Å². The Morgan fingerprint density at radius 3 is 1.34 bits per heavy atom. The highest BCUT2D eigenvalue weighted by atomic mass is 16.3. The van der Waals surface area contributed by atoms with Gasteiger partial charge in [0.25, 0.3) is 0 Å². The van der Waals surface area contributed by atoms with Gasteiger partial charge in [0.2, 0.25) is 5.71 Å². The Kier molecular flexibility index (Phi) is 18.6. The molecular weight excluding hydrogens is 1320 g/mol. The summed E-state index contributed by atoms with van der Waals surface area (Å²) < 4.78 is 72.0. The number of hydrogen-bond donors (Lipinski definition) is 0. The minimum Gasteiger partial charge on any atom is -0.454 e. The van der Waals surface area contributed by atoms with Crippen LogP contribution < -0.4 is 24.5 Å². The number of aryl methyl sites for hydroxylation is 6. The van der Waals surface area contributed by atoms with E-state index >= 15 is 0 Å². The van der Waals surface area contributed by atoms with Crippen molar-refractivity contribution in [2.45, 2.75) is 321 Å². The Bertz CT molecular complexity index is 5220. The van der Waals surface area contributed by atoms with Crippen LogP contribution in [-0.2, 0) is 5.41 Å². The number of nitrogens with zero attached hydrogens (tertiary/aromatic N) is 6. The summed E-state index contributed by atoms with van der Waals surface area (Å²) in [6.07, 6.45) is 12.0. The van der Waals surface area contributed by atoms with E-state index in [0.717, 1.165) is 69.4 Å². The molecule has 5 aliphatic heterocycles. The van der Waals surface area contributed by atoms with Crippen LogP contribution in [0.3, 0.4) is 0 Å². The second-order valence-electron chi connectivity index (χ2n) is 37.7. The Hall–Kier alpha value is -7.71. The van der Waals surface area contributed by atoms with Crippen molar-refractivity contribution in [3.8, 4) is 0 Å². The summed E-state index contributed by atoms with van der Waals surface area (Å²) in [6.45, 7) is 49.9. The molecule has 17 rings (SSSR count). The van der Waals surface area contributed by atoms with E-state index in [2.05, 4.69) is 283 Å². The molecule has 2 saturated carbocycles. The van der Waals surface area contributed by atoms with E-state index in [-0.39, 0.29) is 33.4 Å². The molecule has 8 heterocycles. The van der Waals surface area contributed by atoms with Crippen LogP contribution in [0.25, 0.3) is 44.0 Å². The molecule has 0 radical (unpaired) electrons. The molecule has 6 unspecified atom stereocenters. The quantitative estimate of drug-likeness (QED) is 0.169. The molecule has 6 atom stereocenters. The van der Waals surface area contributed by atoms with Crippen molar-refractivity contribution in [1.29, 1.82) is 0 Å². The molecule has 0 bridgehead atoms. The molecule has 10 aromatic rings. The van der Waals surface area contributed by atoms with Gasteiger partial charge in [0.1, 0.15) is 5.58 Å². The Morgan fingerprint density at radius 2 is 0.806 bits per heavy atom. The van der Waals surface area contributed by atoms with Gasteiger partial charge >= 0.3 is 0 Å².